The van der Waals surface area contributed by atoms with Gasteiger partial charge in [0.15, 0.2) is 0 Å². The second kappa shape index (κ2) is 6.31. The number of hydrogen-bond acceptors (Lipinski definition) is 6. The quantitative estimate of drug-likeness (QED) is 0.587. The predicted molar refractivity (Wildman–Crippen MR) is 102 cm³/mol. The van der Waals surface area contributed by atoms with Gasteiger partial charge < -0.3 is 10.1 Å². The largest absolute Gasteiger partial charge is 0.378 e. The molecule has 0 aliphatic heterocycles. The molecular weight excluding hydrogens is 342 g/mol. The molecule has 1 N–H and O–H groups in total. The van der Waals surface area contributed by atoms with Gasteiger partial charge >= 0.3 is 0 Å². The molecule has 1 fully saturated rings. The van der Waals surface area contributed by atoms with E-state index >= 15 is 0 Å². The molecule has 1 aliphatic rings. The Morgan fingerprint density at radius 1 is 1.19 bits per heavy atom. The van der Waals surface area contributed by atoms with Crippen LogP contribution in [0.3, 0.4) is 0 Å². The Morgan fingerprint density at radius 3 is 2.89 bits per heavy atom. The van der Waals surface area contributed by atoms with Crippen LogP contribution in [-0.2, 0) is 4.74 Å². The van der Waals surface area contributed by atoms with Crippen LogP contribution in [-0.4, -0.2) is 47.7 Å². The zero-order valence-electron chi connectivity index (χ0n) is 15.3. The Kier molecular flexibility index (Phi) is 3.78. The van der Waals surface area contributed by atoms with Gasteiger partial charge in [0.1, 0.15) is 0 Å². The van der Waals surface area contributed by atoms with Gasteiger partial charge in [0.05, 0.1) is 24.0 Å². The van der Waals surface area contributed by atoms with Crippen LogP contribution >= 0.6 is 0 Å². The molecule has 0 bridgehead atoms. The predicted octanol–water partition coefficient (Wildman–Crippen LogP) is 2.73. The first-order chi connectivity index (χ1) is 13.2. The minimum absolute atomic E-state index is 0.364. The molecule has 0 radical (unpaired) electrons. The summed E-state index contributed by atoms with van der Waals surface area (Å²) in [5, 5.41) is 7.99. The van der Waals surface area contributed by atoms with Gasteiger partial charge in [-0.25, -0.2) is 19.5 Å². The van der Waals surface area contributed by atoms with Crippen LogP contribution in [0, 0.1) is 6.92 Å². The van der Waals surface area contributed by atoms with E-state index in [0.717, 1.165) is 41.8 Å². The molecule has 138 valence electrons. The van der Waals surface area contributed by atoms with Gasteiger partial charge in [-0.2, -0.15) is 0 Å². The number of nitrogens with one attached hydrogen (secondary N) is 1. The molecule has 0 spiro atoms. The molecule has 4 heterocycles. The zero-order valence-corrected chi connectivity index (χ0v) is 15.3. The Balaban J connectivity index is 1.41. The number of fused-ring (bicyclic) bond motifs is 2. The lowest BCUT2D eigenvalue weighted by Gasteiger charge is -2.35. The molecule has 0 saturated heterocycles. The average molecular weight is 363 g/mol. The molecular formula is C19H21N7O. The minimum Gasteiger partial charge on any atom is -0.378 e. The van der Waals surface area contributed by atoms with E-state index in [4.69, 9.17) is 4.74 Å². The standard InChI is InChI=1S/C19H21N7O/c1-3-27-15-6-14(7-15)23-18-20-10-17-16(4-5-26(17)24-18)13-9-22-19-21-8-12(2)25(19)11-13/h4-5,8-11,14-15H,3,6-7H2,1-2H3,(H,23,24). The fourth-order valence-corrected chi connectivity index (χ4v) is 3.58. The molecule has 8 heteroatoms. The SMILES string of the molecule is CCOC1CC(Nc2ncc3c(-c4cnc5ncc(C)n5c4)ccn3n2)C1. The third kappa shape index (κ3) is 2.82. The van der Waals surface area contributed by atoms with Crippen molar-refractivity contribution in [3.8, 4) is 11.1 Å². The first kappa shape index (κ1) is 16.2. The van der Waals surface area contributed by atoms with Gasteiger partial charge in [-0.15, -0.1) is 5.10 Å². The van der Waals surface area contributed by atoms with Gasteiger partial charge in [-0.3, -0.25) is 4.40 Å². The fraction of sp³-hybridized carbons (Fsp3) is 0.368. The van der Waals surface area contributed by atoms with E-state index in [-0.39, 0.29) is 0 Å². The summed E-state index contributed by atoms with van der Waals surface area (Å²) < 4.78 is 9.45. The molecule has 0 atom stereocenters. The maximum absolute atomic E-state index is 5.60. The number of ether oxygens (including phenoxy) is 1. The van der Waals surface area contributed by atoms with Crippen molar-refractivity contribution in [3.05, 3.63) is 42.7 Å². The zero-order chi connectivity index (χ0) is 18.4. The normalized spacial score (nSPS) is 19.5. The second-order valence-electron chi connectivity index (χ2n) is 6.94. The lowest BCUT2D eigenvalue weighted by Crippen LogP contribution is -2.41. The first-order valence-electron chi connectivity index (χ1n) is 9.24. The van der Waals surface area contributed by atoms with E-state index in [9.17, 15) is 0 Å². The Hall–Kier alpha value is -3.00. The summed E-state index contributed by atoms with van der Waals surface area (Å²) in [6.07, 6.45) is 11.9. The van der Waals surface area contributed by atoms with Crippen molar-refractivity contribution >= 4 is 17.2 Å². The maximum atomic E-state index is 5.60. The molecule has 0 unspecified atom stereocenters. The molecule has 27 heavy (non-hydrogen) atoms. The van der Waals surface area contributed by atoms with Gasteiger partial charge in [0.2, 0.25) is 11.7 Å². The lowest BCUT2D eigenvalue weighted by molar-refractivity contribution is 0.00283. The number of imidazole rings is 1. The molecule has 0 amide bonds. The van der Waals surface area contributed by atoms with Crippen LogP contribution in [0.25, 0.3) is 22.4 Å². The van der Waals surface area contributed by atoms with Crippen LogP contribution in [0.2, 0.25) is 0 Å². The smallest absolute Gasteiger partial charge is 0.241 e. The molecule has 4 aromatic heterocycles. The Labute approximate surface area is 156 Å². The van der Waals surface area contributed by atoms with Crippen LogP contribution in [0.4, 0.5) is 5.95 Å². The minimum atomic E-state index is 0.364. The summed E-state index contributed by atoms with van der Waals surface area (Å²) in [6.45, 7) is 4.81. The summed E-state index contributed by atoms with van der Waals surface area (Å²) >= 11 is 0. The van der Waals surface area contributed by atoms with Crippen molar-refractivity contribution in [2.75, 3.05) is 11.9 Å². The molecule has 1 aliphatic carbocycles. The van der Waals surface area contributed by atoms with Crippen molar-refractivity contribution in [3.63, 3.8) is 0 Å². The number of nitrogens with zero attached hydrogens (tertiary/aromatic N) is 6. The van der Waals surface area contributed by atoms with Gasteiger partial charge in [-0.05, 0) is 32.8 Å². The summed E-state index contributed by atoms with van der Waals surface area (Å²) in [7, 11) is 0. The average Bonchev–Trinajstić information content (AvgIpc) is 3.23. The van der Waals surface area contributed by atoms with E-state index in [0.29, 0.717) is 23.9 Å². The van der Waals surface area contributed by atoms with Crippen molar-refractivity contribution in [1.29, 1.82) is 0 Å². The van der Waals surface area contributed by atoms with Crippen LogP contribution in [0.5, 0.6) is 0 Å². The van der Waals surface area contributed by atoms with E-state index in [2.05, 4.69) is 25.4 Å². The van der Waals surface area contributed by atoms with Crippen molar-refractivity contribution in [1.82, 2.24) is 29.0 Å². The van der Waals surface area contributed by atoms with Crippen molar-refractivity contribution < 1.29 is 4.74 Å². The fourth-order valence-electron chi connectivity index (χ4n) is 3.58. The van der Waals surface area contributed by atoms with Gasteiger partial charge in [-0.1, -0.05) is 0 Å². The molecule has 0 aromatic carbocycles. The third-order valence-corrected chi connectivity index (χ3v) is 5.11. The highest BCUT2D eigenvalue weighted by atomic mass is 16.5. The molecule has 1 saturated carbocycles. The molecule has 8 nitrogen and oxygen atoms in total. The summed E-state index contributed by atoms with van der Waals surface area (Å²) in [5.41, 5.74) is 4.05. The third-order valence-electron chi connectivity index (χ3n) is 5.11. The number of hydrogen-bond donors (Lipinski definition) is 1. The molecule has 4 aromatic rings. The summed E-state index contributed by atoms with van der Waals surface area (Å²) in [6, 6.07) is 2.42. The first-order valence-corrected chi connectivity index (χ1v) is 9.24. The highest BCUT2D eigenvalue weighted by Gasteiger charge is 2.30. The number of rotatable bonds is 5. The topological polar surface area (TPSA) is 81.6 Å². The van der Waals surface area contributed by atoms with E-state index in [1.54, 1.807) is 0 Å². The highest BCUT2D eigenvalue weighted by Crippen LogP contribution is 2.27. The van der Waals surface area contributed by atoms with Crippen LogP contribution in [0.15, 0.2) is 37.1 Å². The van der Waals surface area contributed by atoms with Crippen molar-refractivity contribution in [2.45, 2.75) is 38.8 Å². The van der Waals surface area contributed by atoms with E-state index in [1.807, 2.05) is 59.8 Å². The van der Waals surface area contributed by atoms with Gasteiger partial charge in [0.25, 0.3) is 0 Å². The van der Waals surface area contributed by atoms with Crippen molar-refractivity contribution in [2.24, 2.45) is 0 Å². The maximum Gasteiger partial charge on any atom is 0.241 e. The number of anilines is 1. The molecule has 5 rings (SSSR count). The number of aryl methyl sites for hydroxylation is 1. The number of aromatic nitrogens is 6. The Bertz CT molecular complexity index is 1110. The van der Waals surface area contributed by atoms with E-state index < -0.39 is 0 Å². The monoisotopic (exact) mass is 363 g/mol. The van der Waals surface area contributed by atoms with E-state index in [1.165, 1.54) is 0 Å². The van der Waals surface area contributed by atoms with Gasteiger partial charge in [0, 0.05) is 48.1 Å². The lowest BCUT2D eigenvalue weighted by atomic mass is 9.89. The second-order valence-corrected chi connectivity index (χ2v) is 6.94. The highest BCUT2D eigenvalue weighted by molar-refractivity contribution is 5.79. The summed E-state index contributed by atoms with van der Waals surface area (Å²) in [5.74, 6) is 1.34. The van der Waals surface area contributed by atoms with Crippen LogP contribution < -0.4 is 5.32 Å². The van der Waals surface area contributed by atoms with Crippen LogP contribution in [0.1, 0.15) is 25.5 Å². The summed E-state index contributed by atoms with van der Waals surface area (Å²) in [4.78, 5) is 13.2. The Morgan fingerprint density at radius 2 is 2.04 bits per heavy atom.